The monoisotopic (exact) mass is 348 g/mol. The van der Waals surface area contributed by atoms with E-state index in [0.717, 1.165) is 11.3 Å². The van der Waals surface area contributed by atoms with E-state index in [4.69, 9.17) is 4.74 Å². The van der Waals surface area contributed by atoms with E-state index in [1.165, 1.54) is 12.1 Å². The first-order valence-corrected chi connectivity index (χ1v) is 8.45. The average molecular weight is 348 g/mol. The van der Waals surface area contributed by atoms with E-state index in [1.807, 2.05) is 30.3 Å². The van der Waals surface area contributed by atoms with Crippen LogP contribution in [-0.4, -0.2) is 17.4 Å². The number of aromatic nitrogens is 1. The molecule has 0 spiro atoms. The number of pyridine rings is 1. The smallest absolute Gasteiger partial charge is 0.260 e. The van der Waals surface area contributed by atoms with Crippen molar-refractivity contribution in [3.05, 3.63) is 89.4 Å². The van der Waals surface area contributed by atoms with Gasteiger partial charge in [-0.1, -0.05) is 30.3 Å². The van der Waals surface area contributed by atoms with Crippen molar-refractivity contribution >= 4 is 11.6 Å². The van der Waals surface area contributed by atoms with Gasteiger partial charge in [-0.25, -0.2) is 9.37 Å². The molecule has 1 aromatic heterocycles. The molecule has 0 saturated carbocycles. The van der Waals surface area contributed by atoms with Crippen molar-refractivity contribution in [1.82, 2.24) is 4.98 Å². The van der Waals surface area contributed by atoms with E-state index in [-0.39, 0.29) is 11.7 Å². The Morgan fingerprint density at radius 1 is 1.00 bits per heavy atom. The number of ether oxygens (including phenoxy) is 1. The minimum atomic E-state index is -0.319. The topological polar surface area (TPSA) is 42.4 Å². The van der Waals surface area contributed by atoms with Gasteiger partial charge in [-0.2, -0.15) is 0 Å². The average Bonchev–Trinajstić information content (AvgIpc) is 2.68. The Morgan fingerprint density at radius 2 is 1.77 bits per heavy atom. The van der Waals surface area contributed by atoms with Gasteiger partial charge in [0.15, 0.2) is 0 Å². The molecule has 0 fully saturated rings. The van der Waals surface area contributed by atoms with Crippen LogP contribution in [0.15, 0.2) is 66.7 Å². The van der Waals surface area contributed by atoms with Crippen LogP contribution in [0.25, 0.3) is 0 Å². The third-order valence-corrected chi connectivity index (χ3v) is 4.36. The molecule has 4 nitrogen and oxygen atoms in total. The fraction of sp³-hybridized carbons (Fsp3) is 0.143. The summed E-state index contributed by atoms with van der Waals surface area (Å²) in [6.07, 6.45) is 0.626. The van der Waals surface area contributed by atoms with Gasteiger partial charge in [0.05, 0.1) is 11.3 Å². The number of carbonyl (C=O) groups excluding carboxylic acids is 1. The highest BCUT2D eigenvalue weighted by atomic mass is 19.1. The Balaban J connectivity index is 1.51. The van der Waals surface area contributed by atoms with E-state index >= 15 is 0 Å². The van der Waals surface area contributed by atoms with E-state index < -0.39 is 0 Å². The zero-order chi connectivity index (χ0) is 17.9. The minimum Gasteiger partial charge on any atom is -0.473 e. The van der Waals surface area contributed by atoms with Crippen molar-refractivity contribution in [2.24, 2.45) is 0 Å². The summed E-state index contributed by atoms with van der Waals surface area (Å²) >= 11 is 0. The lowest BCUT2D eigenvalue weighted by Gasteiger charge is -2.28. The van der Waals surface area contributed by atoms with Crippen molar-refractivity contribution in [3.8, 4) is 5.88 Å². The zero-order valence-electron chi connectivity index (χ0n) is 14.1. The second-order valence-electron chi connectivity index (χ2n) is 6.10. The molecule has 0 bridgehead atoms. The van der Waals surface area contributed by atoms with Crippen molar-refractivity contribution in [2.75, 3.05) is 11.4 Å². The Hall–Kier alpha value is -3.21. The van der Waals surface area contributed by atoms with E-state index in [1.54, 1.807) is 29.2 Å². The first-order chi connectivity index (χ1) is 12.7. The van der Waals surface area contributed by atoms with Crippen molar-refractivity contribution in [2.45, 2.75) is 13.0 Å². The fourth-order valence-electron chi connectivity index (χ4n) is 3.01. The summed E-state index contributed by atoms with van der Waals surface area (Å²) in [4.78, 5) is 18.9. The van der Waals surface area contributed by atoms with Crippen LogP contribution in [-0.2, 0) is 13.0 Å². The quantitative estimate of drug-likeness (QED) is 0.716. The van der Waals surface area contributed by atoms with Gasteiger partial charge in [0.1, 0.15) is 12.4 Å². The summed E-state index contributed by atoms with van der Waals surface area (Å²) in [5.74, 6) is 0.0658. The number of halogens is 1. The highest BCUT2D eigenvalue weighted by Crippen LogP contribution is 2.25. The van der Waals surface area contributed by atoms with Crippen molar-refractivity contribution in [3.63, 3.8) is 0 Å². The number of carbonyl (C=O) groups is 1. The summed E-state index contributed by atoms with van der Waals surface area (Å²) in [6.45, 7) is 0.939. The number of anilines is 1. The number of hydrogen-bond acceptors (Lipinski definition) is 3. The highest BCUT2D eigenvalue weighted by molar-refractivity contribution is 6.07. The summed E-state index contributed by atoms with van der Waals surface area (Å²) in [7, 11) is 0. The predicted octanol–water partition coefficient (Wildman–Crippen LogP) is 4.00. The Kier molecular flexibility index (Phi) is 4.35. The number of nitrogens with zero attached hydrogens (tertiary/aromatic N) is 2. The second-order valence-corrected chi connectivity index (χ2v) is 6.10. The van der Waals surface area contributed by atoms with Gasteiger partial charge < -0.3 is 9.64 Å². The molecule has 0 aliphatic carbocycles. The van der Waals surface area contributed by atoms with Gasteiger partial charge in [0.2, 0.25) is 5.88 Å². The molecule has 2 heterocycles. The van der Waals surface area contributed by atoms with Gasteiger partial charge in [0.25, 0.3) is 5.91 Å². The highest BCUT2D eigenvalue weighted by Gasteiger charge is 2.26. The van der Waals surface area contributed by atoms with Crippen LogP contribution < -0.4 is 9.64 Å². The molecule has 26 heavy (non-hydrogen) atoms. The van der Waals surface area contributed by atoms with E-state index in [0.29, 0.717) is 36.7 Å². The summed E-state index contributed by atoms with van der Waals surface area (Å²) < 4.78 is 18.8. The van der Waals surface area contributed by atoms with Crippen molar-refractivity contribution in [1.29, 1.82) is 0 Å². The molecule has 3 aromatic rings. The van der Waals surface area contributed by atoms with Gasteiger partial charge >= 0.3 is 0 Å². The zero-order valence-corrected chi connectivity index (χ0v) is 14.1. The molecule has 2 aromatic carbocycles. The summed E-state index contributed by atoms with van der Waals surface area (Å²) in [5.41, 5.74) is 3.04. The van der Waals surface area contributed by atoms with Crippen LogP contribution in [0.4, 0.5) is 10.1 Å². The molecule has 1 amide bonds. The van der Waals surface area contributed by atoms with Crippen LogP contribution >= 0.6 is 0 Å². The molecule has 0 unspecified atom stereocenters. The van der Waals surface area contributed by atoms with Gasteiger partial charge in [-0.15, -0.1) is 0 Å². The maximum absolute atomic E-state index is 13.1. The Morgan fingerprint density at radius 3 is 2.54 bits per heavy atom. The van der Waals surface area contributed by atoms with Crippen LogP contribution in [0.5, 0.6) is 5.88 Å². The number of hydrogen-bond donors (Lipinski definition) is 0. The lowest BCUT2D eigenvalue weighted by atomic mass is 10.0. The number of amides is 1. The maximum atomic E-state index is 13.1. The lowest BCUT2D eigenvalue weighted by Crippen LogP contribution is -2.38. The van der Waals surface area contributed by atoms with Crippen LogP contribution in [0.2, 0.25) is 0 Å². The molecule has 1 aliphatic rings. The normalized spacial score (nSPS) is 13.4. The fourth-order valence-corrected chi connectivity index (χ4v) is 3.01. The molecule has 0 saturated heterocycles. The second kappa shape index (κ2) is 6.96. The van der Waals surface area contributed by atoms with Gasteiger partial charge in [-0.05, 0) is 35.9 Å². The molecule has 0 radical (unpaired) electrons. The molecule has 5 heteroatoms. The molecular formula is C21H17FN2O2. The van der Waals surface area contributed by atoms with Crippen LogP contribution in [0.1, 0.15) is 21.6 Å². The van der Waals surface area contributed by atoms with Crippen LogP contribution in [0.3, 0.4) is 0 Å². The summed E-state index contributed by atoms with van der Waals surface area (Å²) in [6, 6.07) is 19.3. The standard InChI is InChI=1S/C21H17FN2O2/c22-16-6-8-17(9-7-16)24-13-12-19-18(21(24)25)10-11-20(23-19)26-14-15-4-2-1-3-5-15/h1-11H,12-14H2. The molecule has 1 aliphatic heterocycles. The number of fused-ring (bicyclic) bond motifs is 1. The lowest BCUT2D eigenvalue weighted by molar-refractivity contribution is 0.0979. The summed E-state index contributed by atoms with van der Waals surface area (Å²) in [5, 5.41) is 0. The van der Waals surface area contributed by atoms with E-state index in [9.17, 15) is 9.18 Å². The maximum Gasteiger partial charge on any atom is 0.260 e. The Labute approximate surface area is 150 Å². The SMILES string of the molecule is O=C1c2ccc(OCc3ccccc3)nc2CCN1c1ccc(F)cc1. The van der Waals surface area contributed by atoms with E-state index in [2.05, 4.69) is 4.98 Å². The van der Waals surface area contributed by atoms with Gasteiger partial charge in [-0.3, -0.25) is 4.79 Å². The van der Waals surface area contributed by atoms with Crippen molar-refractivity contribution < 1.29 is 13.9 Å². The predicted molar refractivity (Wildman–Crippen MR) is 96.8 cm³/mol. The third-order valence-electron chi connectivity index (χ3n) is 4.36. The Bertz CT molecular complexity index is 927. The van der Waals surface area contributed by atoms with Crippen LogP contribution in [0, 0.1) is 5.82 Å². The third kappa shape index (κ3) is 3.28. The molecular weight excluding hydrogens is 331 g/mol. The number of rotatable bonds is 4. The first kappa shape index (κ1) is 16.3. The minimum absolute atomic E-state index is 0.125. The molecule has 130 valence electrons. The molecule has 0 atom stereocenters. The molecule has 0 N–H and O–H groups in total. The number of benzene rings is 2. The first-order valence-electron chi connectivity index (χ1n) is 8.45. The largest absolute Gasteiger partial charge is 0.473 e. The molecule has 4 rings (SSSR count). The van der Waals surface area contributed by atoms with Gasteiger partial charge in [0, 0.05) is 24.7 Å².